The third kappa shape index (κ3) is 6.13. The summed E-state index contributed by atoms with van der Waals surface area (Å²) in [4.78, 5) is 28.9. The number of carbonyl (C=O) groups is 2. The molecule has 0 fully saturated rings. The Kier molecular flexibility index (Phi) is 6.66. The fraction of sp³-hybridized carbons (Fsp3) is 0.136. The zero-order valence-corrected chi connectivity index (χ0v) is 17.8. The average Bonchev–Trinajstić information content (AvgIpc) is 2.74. The number of anilines is 2. The number of aromatic nitrogens is 1. The van der Waals surface area contributed by atoms with Gasteiger partial charge in [0.15, 0.2) is 9.84 Å². The summed E-state index contributed by atoms with van der Waals surface area (Å²) in [5.41, 5.74) is 2.14. The van der Waals surface area contributed by atoms with Crippen molar-refractivity contribution >= 4 is 33.0 Å². The highest BCUT2D eigenvalue weighted by Crippen LogP contribution is 2.28. The molecule has 0 aliphatic carbocycles. The Bertz CT molecular complexity index is 1210. The number of amides is 2. The molecule has 2 aromatic carbocycles. The lowest BCUT2D eigenvalue weighted by Crippen LogP contribution is -2.14. The number of hydrogen-bond donors (Lipinski definition) is 2. The molecule has 0 saturated heterocycles. The first-order chi connectivity index (χ1) is 14.7. The van der Waals surface area contributed by atoms with Crippen molar-refractivity contribution < 1.29 is 22.7 Å². The van der Waals surface area contributed by atoms with Gasteiger partial charge in [-0.2, -0.15) is 0 Å². The number of rotatable bonds is 7. The van der Waals surface area contributed by atoms with Gasteiger partial charge in [-0.3, -0.25) is 14.6 Å². The van der Waals surface area contributed by atoms with Gasteiger partial charge < -0.3 is 15.4 Å². The molecular weight excluding hydrogens is 418 g/mol. The normalized spacial score (nSPS) is 10.9. The van der Waals surface area contributed by atoms with Crippen LogP contribution in [-0.4, -0.2) is 38.6 Å². The van der Waals surface area contributed by atoms with Crippen LogP contribution in [0.2, 0.25) is 0 Å². The molecule has 0 spiro atoms. The summed E-state index contributed by atoms with van der Waals surface area (Å²) in [6, 6.07) is 14.5. The number of sulfone groups is 1. The molecule has 31 heavy (non-hydrogen) atoms. The number of pyridine rings is 1. The minimum absolute atomic E-state index is 0.146. The molecule has 8 nitrogen and oxygen atoms in total. The van der Waals surface area contributed by atoms with Gasteiger partial charge in [0.2, 0.25) is 0 Å². The predicted octanol–water partition coefficient (Wildman–Crippen LogP) is 3.14. The van der Waals surface area contributed by atoms with Gasteiger partial charge in [-0.25, -0.2) is 8.42 Å². The van der Waals surface area contributed by atoms with Gasteiger partial charge >= 0.3 is 0 Å². The van der Waals surface area contributed by atoms with E-state index in [1.54, 1.807) is 54.7 Å². The Morgan fingerprint density at radius 3 is 2.39 bits per heavy atom. The molecule has 0 aliphatic rings. The van der Waals surface area contributed by atoms with E-state index in [0.29, 0.717) is 33.8 Å². The van der Waals surface area contributed by atoms with Crippen LogP contribution in [-0.2, 0) is 15.6 Å². The van der Waals surface area contributed by atoms with Gasteiger partial charge in [-0.15, -0.1) is 0 Å². The van der Waals surface area contributed by atoms with Gasteiger partial charge in [0.1, 0.15) is 5.75 Å². The van der Waals surface area contributed by atoms with E-state index in [1.807, 2.05) is 0 Å². The van der Waals surface area contributed by atoms with Crippen LogP contribution in [0.5, 0.6) is 5.75 Å². The zero-order valence-electron chi connectivity index (χ0n) is 17.0. The van der Waals surface area contributed by atoms with Gasteiger partial charge in [0, 0.05) is 36.0 Å². The Labute approximate surface area is 180 Å². The number of nitrogens with zero attached hydrogens (tertiary/aromatic N) is 1. The molecule has 0 atom stereocenters. The second-order valence-corrected chi connectivity index (χ2v) is 8.98. The molecule has 1 aromatic heterocycles. The van der Waals surface area contributed by atoms with Crippen molar-refractivity contribution in [1.82, 2.24) is 4.98 Å². The van der Waals surface area contributed by atoms with Gasteiger partial charge in [-0.1, -0.05) is 12.1 Å². The summed E-state index contributed by atoms with van der Waals surface area (Å²) in [5, 5.41) is 5.49. The van der Waals surface area contributed by atoms with E-state index < -0.39 is 15.7 Å². The van der Waals surface area contributed by atoms with Crippen molar-refractivity contribution in [2.24, 2.45) is 0 Å². The summed E-state index contributed by atoms with van der Waals surface area (Å²) < 4.78 is 28.3. The first kappa shape index (κ1) is 22.0. The van der Waals surface area contributed by atoms with Gasteiger partial charge in [0.25, 0.3) is 11.8 Å². The molecule has 3 rings (SSSR count). The maximum Gasteiger partial charge on any atom is 0.257 e. The molecule has 1 heterocycles. The zero-order chi connectivity index (χ0) is 22.4. The highest BCUT2D eigenvalue weighted by atomic mass is 32.2. The van der Waals surface area contributed by atoms with Crippen molar-refractivity contribution in [2.45, 2.75) is 5.75 Å². The van der Waals surface area contributed by atoms with Crippen LogP contribution in [0.3, 0.4) is 0 Å². The standard InChI is InChI=1S/C22H21N3O5S/c1-30-20-12-18(8-9-19(20)25-22(27)17-7-4-10-23-13-17)24-21(26)16-6-3-5-15(11-16)14-31(2,28)29/h3-13H,14H2,1-2H3,(H,24,26)(H,25,27). The molecule has 3 aromatic rings. The van der Waals surface area contributed by atoms with Crippen molar-refractivity contribution in [3.8, 4) is 5.75 Å². The molecule has 9 heteroatoms. The number of carbonyl (C=O) groups excluding carboxylic acids is 2. The van der Waals surface area contributed by atoms with Crippen molar-refractivity contribution in [3.63, 3.8) is 0 Å². The van der Waals surface area contributed by atoms with E-state index in [9.17, 15) is 18.0 Å². The number of nitrogens with one attached hydrogen (secondary N) is 2. The second-order valence-electron chi connectivity index (χ2n) is 6.84. The fourth-order valence-electron chi connectivity index (χ4n) is 2.87. The molecule has 0 aliphatic heterocycles. The summed E-state index contributed by atoms with van der Waals surface area (Å²) in [6.07, 6.45) is 4.17. The third-order valence-electron chi connectivity index (χ3n) is 4.25. The van der Waals surface area contributed by atoms with Crippen LogP contribution in [0.4, 0.5) is 11.4 Å². The third-order valence-corrected chi connectivity index (χ3v) is 5.11. The summed E-state index contributed by atoms with van der Waals surface area (Å²) in [7, 11) is -1.76. The van der Waals surface area contributed by atoms with E-state index in [1.165, 1.54) is 19.4 Å². The second kappa shape index (κ2) is 9.40. The Balaban J connectivity index is 1.75. The SMILES string of the molecule is COc1cc(NC(=O)c2cccc(CS(C)(=O)=O)c2)ccc1NC(=O)c1cccnc1. The summed E-state index contributed by atoms with van der Waals surface area (Å²) >= 11 is 0. The van der Waals surface area contributed by atoms with Crippen LogP contribution in [0, 0.1) is 0 Å². The minimum Gasteiger partial charge on any atom is -0.494 e. The molecule has 160 valence electrons. The van der Waals surface area contributed by atoms with E-state index in [-0.39, 0.29) is 11.7 Å². The molecular formula is C22H21N3O5S. The number of benzene rings is 2. The first-order valence-electron chi connectivity index (χ1n) is 9.22. The van der Waals surface area contributed by atoms with Crippen LogP contribution in [0.15, 0.2) is 67.0 Å². The highest BCUT2D eigenvalue weighted by molar-refractivity contribution is 7.89. The Morgan fingerprint density at radius 1 is 0.968 bits per heavy atom. The molecule has 0 unspecified atom stereocenters. The summed E-state index contributed by atoms with van der Waals surface area (Å²) in [6.45, 7) is 0. The lowest BCUT2D eigenvalue weighted by Gasteiger charge is -2.13. The molecule has 2 N–H and O–H groups in total. The largest absolute Gasteiger partial charge is 0.494 e. The Morgan fingerprint density at radius 2 is 1.71 bits per heavy atom. The van der Waals surface area contributed by atoms with Crippen molar-refractivity contribution in [1.29, 1.82) is 0 Å². The molecule has 0 radical (unpaired) electrons. The Hall–Kier alpha value is -3.72. The van der Waals surface area contributed by atoms with Crippen LogP contribution in [0.25, 0.3) is 0 Å². The maximum atomic E-state index is 12.6. The maximum absolute atomic E-state index is 12.6. The lowest BCUT2D eigenvalue weighted by molar-refractivity contribution is 0.101. The van der Waals surface area contributed by atoms with Gasteiger partial charge in [0.05, 0.1) is 24.1 Å². The lowest BCUT2D eigenvalue weighted by atomic mass is 10.1. The quantitative estimate of drug-likeness (QED) is 0.585. The van der Waals surface area contributed by atoms with E-state index in [0.717, 1.165) is 6.26 Å². The molecule has 0 bridgehead atoms. The van der Waals surface area contributed by atoms with Crippen LogP contribution >= 0.6 is 0 Å². The number of methoxy groups -OCH3 is 1. The summed E-state index contributed by atoms with van der Waals surface area (Å²) in [5.74, 6) is -0.524. The predicted molar refractivity (Wildman–Crippen MR) is 118 cm³/mol. The highest BCUT2D eigenvalue weighted by Gasteiger charge is 2.13. The van der Waals surface area contributed by atoms with E-state index >= 15 is 0 Å². The molecule has 2 amide bonds. The van der Waals surface area contributed by atoms with Crippen LogP contribution < -0.4 is 15.4 Å². The monoisotopic (exact) mass is 439 g/mol. The molecule has 0 saturated carbocycles. The number of ether oxygens (including phenoxy) is 1. The van der Waals surface area contributed by atoms with E-state index in [2.05, 4.69) is 15.6 Å². The first-order valence-corrected chi connectivity index (χ1v) is 11.3. The number of hydrogen-bond acceptors (Lipinski definition) is 6. The average molecular weight is 439 g/mol. The minimum atomic E-state index is -3.21. The van der Waals surface area contributed by atoms with Gasteiger partial charge in [-0.05, 0) is 42.0 Å². The topological polar surface area (TPSA) is 114 Å². The smallest absolute Gasteiger partial charge is 0.257 e. The van der Waals surface area contributed by atoms with Crippen molar-refractivity contribution in [2.75, 3.05) is 24.0 Å². The van der Waals surface area contributed by atoms with Crippen molar-refractivity contribution in [3.05, 3.63) is 83.7 Å². The van der Waals surface area contributed by atoms with E-state index in [4.69, 9.17) is 4.74 Å². The van der Waals surface area contributed by atoms with Crippen LogP contribution in [0.1, 0.15) is 26.3 Å². The fourth-order valence-corrected chi connectivity index (χ4v) is 3.66.